The van der Waals surface area contributed by atoms with Crippen molar-refractivity contribution in [2.24, 2.45) is 0 Å². The van der Waals surface area contributed by atoms with Gasteiger partial charge in [-0.25, -0.2) is 0 Å². The Morgan fingerprint density at radius 2 is 1.66 bits per heavy atom. The molecule has 0 aromatic heterocycles. The Kier molecular flexibility index (Phi) is 6.43. The Balaban J connectivity index is 1.61. The average molecular weight is 391 g/mol. The molecule has 0 spiro atoms. The van der Waals surface area contributed by atoms with Crippen molar-refractivity contribution in [2.45, 2.75) is 19.3 Å². The normalized spacial score (nSPS) is 14.0. The van der Waals surface area contributed by atoms with Crippen LogP contribution in [0, 0.1) is 21.4 Å². The summed E-state index contributed by atoms with van der Waals surface area (Å²) in [5.74, 6) is -0.598. The molecular weight excluding hydrogens is 370 g/mol. The van der Waals surface area contributed by atoms with Crippen LogP contribution in [-0.2, 0) is 4.79 Å². The summed E-state index contributed by atoms with van der Waals surface area (Å²) in [7, 11) is 0. The highest BCUT2D eigenvalue weighted by atomic mass is 16.6. The van der Waals surface area contributed by atoms with E-state index >= 15 is 0 Å². The maximum atomic E-state index is 12.3. The molecule has 0 bridgehead atoms. The van der Waals surface area contributed by atoms with Gasteiger partial charge in [0.1, 0.15) is 11.6 Å². The van der Waals surface area contributed by atoms with Crippen LogP contribution in [0.25, 0.3) is 0 Å². The molecule has 2 aromatic carbocycles. The molecule has 1 saturated heterocycles. The molecule has 2 N–H and O–H groups in total. The van der Waals surface area contributed by atoms with E-state index in [2.05, 4.69) is 15.5 Å². The second-order valence-electron chi connectivity index (χ2n) is 6.67. The quantitative estimate of drug-likeness (QED) is 0.333. The molecule has 0 atom stereocenters. The van der Waals surface area contributed by atoms with Crippen LogP contribution in [-0.4, -0.2) is 23.9 Å². The lowest BCUT2D eigenvalue weighted by Crippen LogP contribution is -2.29. The molecule has 1 amide bonds. The first-order valence-corrected chi connectivity index (χ1v) is 9.34. The minimum atomic E-state index is -0.598. The monoisotopic (exact) mass is 391 g/mol. The van der Waals surface area contributed by atoms with Crippen LogP contribution < -0.4 is 15.5 Å². The molecule has 1 heterocycles. The van der Waals surface area contributed by atoms with Gasteiger partial charge in [-0.15, -0.1) is 0 Å². The topological polar surface area (TPSA) is 111 Å². The lowest BCUT2D eigenvalue weighted by molar-refractivity contribution is -0.384. The highest BCUT2D eigenvalue weighted by Gasteiger charge is 2.12. The average Bonchev–Trinajstić information content (AvgIpc) is 2.75. The lowest BCUT2D eigenvalue weighted by atomic mass is 10.1. The fraction of sp³-hybridized carbons (Fsp3) is 0.238. The summed E-state index contributed by atoms with van der Waals surface area (Å²) in [4.78, 5) is 24.8. The van der Waals surface area contributed by atoms with Crippen molar-refractivity contribution >= 4 is 28.7 Å². The summed E-state index contributed by atoms with van der Waals surface area (Å²) >= 11 is 0. The van der Waals surface area contributed by atoms with Crippen molar-refractivity contribution in [3.05, 3.63) is 70.4 Å². The van der Waals surface area contributed by atoms with Crippen molar-refractivity contribution in [1.82, 2.24) is 0 Å². The van der Waals surface area contributed by atoms with Gasteiger partial charge >= 0.3 is 0 Å². The summed E-state index contributed by atoms with van der Waals surface area (Å²) in [6.07, 6.45) is 5.03. The number of anilines is 3. The molecule has 29 heavy (non-hydrogen) atoms. The Bertz CT molecular complexity index is 940. The molecule has 0 radical (unpaired) electrons. The smallest absolute Gasteiger partial charge is 0.269 e. The van der Waals surface area contributed by atoms with Crippen LogP contribution in [0.1, 0.15) is 19.3 Å². The van der Waals surface area contributed by atoms with Gasteiger partial charge in [-0.3, -0.25) is 14.9 Å². The zero-order chi connectivity index (χ0) is 20.6. The number of piperidine rings is 1. The van der Waals surface area contributed by atoms with E-state index in [0.717, 1.165) is 24.5 Å². The number of nitrogens with zero attached hydrogens (tertiary/aromatic N) is 3. The number of nitro groups is 1. The molecule has 2 aromatic rings. The number of nitriles is 1. The van der Waals surface area contributed by atoms with Crippen LogP contribution in [0.4, 0.5) is 22.7 Å². The predicted molar refractivity (Wildman–Crippen MR) is 112 cm³/mol. The van der Waals surface area contributed by atoms with Crippen LogP contribution in [0.2, 0.25) is 0 Å². The van der Waals surface area contributed by atoms with Gasteiger partial charge in [0.15, 0.2) is 0 Å². The number of benzene rings is 2. The van der Waals surface area contributed by atoms with Gasteiger partial charge in [0.2, 0.25) is 0 Å². The molecule has 148 valence electrons. The zero-order valence-electron chi connectivity index (χ0n) is 15.8. The molecule has 1 aliphatic rings. The van der Waals surface area contributed by atoms with Crippen molar-refractivity contribution in [3.63, 3.8) is 0 Å². The number of nitrogens with one attached hydrogen (secondary N) is 2. The summed E-state index contributed by atoms with van der Waals surface area (Å²) < 4.78 is 0. The SMILES string of the molecule is N#C/C(=C/Nc1ccc(N2CCCCC2)cc1)C(=O)Nc1ccc([N+](=O)[O-])cc1. The summed E-state index contributed by atoms with van der Waals surface area (Å²) in [5, 5.41) is 25.5. The van der Waals surface area contributed by atoms with E-state index in [4.69, 9.17) is 0 Å². The Morgan fingerprint density at radius 1 is 1.03 bits per heavy atom. The molecular formula is C21H21N5O3. The number of nitro benzene ring substituents is 1. The van der Waals surface area contributed by atoms with Crippen LogP contribution in [0.5, 0.6) is 0 Å². The Labute approximate surface area is 168 Å². The fourth-order valence-corrected chi connectivity index (χ4v) is 3.09. The second kappa shape index (κ2) is 9.37. The van der Waals surface area contributed by atoms with Gasteiger partial charge in [-0.05, 0) is 55.7 Å². The minimum Gasteiger partial charge on any atom is -0.372 e. The number of rotatable bonds is 6. The van der Waals surface area contributed by atoms with Crippen molar-refractivity contribution in [1.29, 1.82) is 5.26 Å². The molecule has 0 aliphatic carbocycles. The third-order valence-corrected chi connectivity index (χ3v) is 4.67. The number of amides is 1. The zero-order valence-corrected chi connectivity index (χ0v) is 15.8. The van der Waals surface area contributed by atoms with Gasteiger partial charge in [0, 0.05) is 48.5 Å². The lowest BCUT2D eigenvalue weighted by Gasteiger charge is -2.28. The molecule has 0 saturated carbocycles. The van der Waals surface area contributed by atoms with Crippen LogP contribution in [0.3, 0.4) is 0 Å². The van der Waals surface area contributed by atoms with Gasteiger partial charge in [-0.2, -0.15) is 5.26 Å². The fourth-order valence-electron chi connectivity index (χ4n) is 3.09. The van der Waals surface area contributed by atoms with Crippen LogP contribution >= 0.6 is 0 Å². The van der Waals surface area contributed by atoms with Gasteiger partial charge < -0.3 is 15.5 Å². The van der Waals surface area contributed by atoms with E-state index < -0.39 is 10.8 Å². The number of hydrogen-bond donors (Lipinski definition) is 2. The van der Waals surface area contributed by atoms with E-state index in [1.807, 2.05) is 30.3 Å². The number of carbonyl (C=O) groups excluding carboxylic acids is 1. The first-order chi connectivity index (χ1) is 14.1. The van der Waals surface area contributed by atoms with E-state index in [0.29, 0.717) is 5.69 Å². The largest absolute Gasteiger partial charge is 0.372 e. The predicted octanol–water partition coefficient (Wildman–Crippen LogP) is 4.04. The van der Waals surface area contributed by atoms with Gasteiger partial charge in [-0.1, -0.05) is 0 Å². The number of hydrogen-bond acceptors (Lipinski definition) is 6. The standard InChI is InChI=1S/C21H21N5O3/c22-14-16(21(27)24-18-6-10-20(11-7-18)26(28)29)15-23-17-4-8-19(9-5-17)25-12-2-1-3-13-25/h4-11,15,23H,1-3,12-13H2,(H,24,27)/b16-15-. The third kappa shape index (κ3) is 5.32. The maximum absolute atomic E-state index is 12.3. The Morgan fingerprint density at radius 3 is 2.24 bits per heavy atom. The van der Waals surface area contributed by atoms with Crippen molar-refractivity contribution in [3.8, 4) is 6.07 Å². The maximum Gasteiger partial charge on any atom is 0.269 e. The number of carbonyl (C=O) groups is 1. The van der Waals surface area contributed by atoms with Gasteiger partial charge in [0.05, 0.1) is 4.92 Å². The highest BCUT2D eigenvalue weighted by Crippen LogP contribution is 2.22. The van der Waals surface area contributed by atoms with E-state index in [1.54, 1.807) is 0 Å². The molecule has 8 heteroatoms. The molecule has 3 rings (SSSR count). The van der Waals surface area contributed by atoms with E-state index in [9.17, 15) is 20.2 Å². The van der Waals surface area contributed by atoms with Gasteiger partial charge in [0.25, 0.3) is 11.6 Å². The second-order valence-corrected chi connectivity index (χ2v) is 6.67. The third-order valence-electron chi connectivity index (χ3n) is 4.67. The van der Waals surface area contributed by atoms with E-state index in [1.165, 1.54) is 49.7 Å². The summed E-state index contributed by atoms with van der Waals surface area (Å²) in [6, 6.07) is 15.1. The molecule has 1 fully saturated rings. The molecule has 8 nitrogen and oxygen atoms in total. The highest BCUT2D eigenvalue weighted by molar-refractivity contribution is 6.06. The molecule has 0 unspecified atom stereocenters. The first kappa shape index (κ1) is 19.9. The van der Waals surface area contributed by atoms with Crippen LogP contribution in [0.15, 0.2) is 60.3 Å². The summed E-state index contributed by atoms with van der Waals surface area (Å²) in [6.45, 7) is 2.13. The van der Waals surface area contributed by atoms with Crippen molar-refractivity contribution < 1.29 is 9.72 Å². The van der Waals surface area contributed by atoms with E-state index in [-0.39, 0.29) is 11.3 Å². The van der Waals surface area contributed by atoms with Crippen molar-refractivity contribution in [2.75, 3.05) is 28.6 Å². The Hall–Kier alpha value is -3.86. The summed E-state index contributed by atoms with van der Waals surface area (Å²) in [5.41, 5.74) is 2.11. The molecule has 1 aliphatic heterocycles. The first-order valence-electron chi connectivity index (χ1n) is 9.34. The minimum absolute atomic E-state index is 0.0753. The number of non-ortho nitro benzene ring substituents is 1.